The van der Waals surface area contributed by atoms with Crippen molar-refractivity contribution >= 4 is 0 Å². The van der Waals surface area contributed by atoms with Crippen molar-refractivity contribution in [2.75, 3.05) is 21.2 Å². The Balaban J connectivity index is 1.79. The maximum atomic E-state index is 5.17. The minimum Gasteiger partial charge on any atom is -0.497 e. The minimum absolute atomic E-state index is 0.914. The molecule has 0 saturated heterocycles. The number of benzene rings is 2. The van der Waals surface area contributed by atoms with Crippen LogP contribution in [0.1, 0.15) is 16.7 Å². The Morgan fingerprint density at radius 2 is 1.29 bits per heavy atom. The fraction of sp³-hybridized carbons (Fsp3) is 0.333. The van der Waals surface area contributed by atoms with Crippen molar-refractivity contribution in [3.63, 3.8) is 0 Å². The van der Waals surface area contributed by atoms with Crippen LogP contribution >= 0.6 is 0 Å². The molecule has 0 radical (unpaired) electrons. The van der Waals surface area contributed by atoms with Gasteiger partial charge in [-0.3, -0.25) is 0 Å². The zero-order valence-electron chi connectivity index (χ0n) is 13.2. The zero-order chi connectivity index (χ0) is 15.1. The van der Waals surface area contributed by atoms with Gasteiger partial charge in [0.15, 0.2) is 0 Å². The number of methoxy groups -OCH3 is 1. The van der Waals surface area contributed by atoms with Crippen LogP contribution in [0.15, 0.2) is 48.5 Å². The lowest BCUT2D eigenvalue weighted by molar-refractivity contribution is -0.872. The molecule has 0 aromatic heterocycles. The van der Waals surface area contributed by atoms with Crippen molar-refractivity contribution in [3.8, 4) is 5.75 Å². The topological polar surface area (TPSA) is 30.3 Å². The molecule has 2 aromatic rings. The number of nitrogens with two attached hydrogens (primary N) is 1. The van der Waals surface area contributed by atoms with E-state index in [-0.39, 0.29) is 0 Å². The zero-order valence-corrected chi connectivity index (χ0v) is 13.2. The van der Waals surface area contributed by atoms with E-state index in [0.717, 1.165) is 25.4 Å². The molecular weight excluding hydrogens is 260 g/mol. The first-order valence-electron chi connectivity index (χ1n) is 7.49. The highest BCUT2D eigenvalue weighted by Gasteiger charge is 2.01. The van der Waals surface area contributed by atoms with Gasteiger partial charge in [-0.25, -0.2) is 0 Å². The van der Waals surface area contributed by atoms with Crippen LogP contribution in [0.5, 0.6) is 5.75 Å². The number of quaternary nitrogens is 2. The monoisotopic (exact) mass is 286 g/mol. The molecule has 0 fully saturated rings. The molecule has 0 aliphatic heterocycles. The largest absolute Gasteiger partial charge is 0.497 e. The molecule has 0 amide bonds. The third-order valence-corrected chi connectivity index (χ3v) is 3.50. The molecule has 0 aliphatic carbocycles. The summed E-state index contributed by atoms with van der Waals surface area (Å²) in [5.41, 5.74) is 4.10. The number of hydrogen-bond acceptors (Lipinski definition) is 1. The Bertz CT molecular complexity index is 532. The van der Waals surface area contributed by atoms with Crippen LogP contribution < -0.4 is 15.0 Å². The predicted molar refractivity (Wildman–Crippen MR) is 85.3 cm³/mol. The fourth-order valence-corrected chi connectivity index (χ4v) is 2.37. The molecule has 0 unspecified atom stereocenters. The Kier molecular flexibility index (Phi) is 5.78. The lowest BCUT2D eigenvalue weighted by Crippen LogP contribution is -3.04. The molecule has 3 nitrogen and oxygen atoms in total. The van der Waals surface area contributed by atoms with Gasteiger partial charge in [-0.15, -0.1) is 0 Å². The Morgan fingerprint density at radius 1 is 0.810 bits per heavy atom. The summed E-state index contributed by atoms with van der Waals surface area (Å²) >= 11 is 0. The second-order valence-corrected chi connectivity index (χ2v) is 5.75. The van der Waals surface area contributed by atoms with Gasteiger partial charge >= 0.3 is 0 Å². The Labute approximate surface area is 127 Å². The molecule has 21 heavy (non-hydrogen) atoms. The standard InChI is InChI=1S/C18H24N2O/c1-20(2)14-17-6-4-15(5-7-17)12-19-13-16-8-10-18(21-3)11-9-16/h4-11,19H,12-14H2,1-3H3/p+2. The summed E-state index contributed by atoms with van der Waals surface area (Å²) in [6.07, 6.45) is 0. The Morgan fingerprint density at radius 3 is 1.76 bits per heavy atom. The first kappa shape index (κ1) is 15.5. The van der Waals surface area contributed by atoms with Crippen molar-refractivity contribution in [2.24, 2.45) is 0 Å². The van der Waals surface area contributed by atoms with Gasteiger partial charge in [0.25, 0.3) is 0 Å². The van der Waals surface area contributed by atoms with Gasteiger partial charge in [-0.2, -0.15) is 0 Å². The molecule has 0 heterocycles. The maximum Gasteiger partial charge on any atom is 0.118 e. The van der Waals surface area contributed by atoms with E-state index in [1.54, 1.807) is 7.11 Å². The minimum atomic E-state index is 0.914. The van der Waals surface area contributed by atoms with Crippen molar-refractivity contribution < 1.29 is 15.0 Å². The van der Waals surface area contributed by atoms with Gasteiger partial charge in [0.2, 0.25) is 0 Å². The van der Waals surface area contributed by atoms with Crippen LogP contribution in [-0.2, 0) is 19.6 Å². The molecular formula is C18H26N2O+2. The van der Waals surface area contributed by atoms with Gasteiger partial charge in [0, 0.05) is 16.7 Å². The first-order valence-corrected chi connectivity index (χ1v) is 7.49. The molecule has 0 atom stereocenters. The van der Waals surface area contributed by atoms with Gasteiger partial charge in [0.05, 0.1) is 21.2 Å². The number of rotatable bonds is 7. The van der Waals surface area contributed by atoms with E-state index in [2.05, 4.69) is 55.8 Å². The highest BCUT2D eigenvalue weighted by atomic mass is 16.5. The van der Waals surface area contributed by atoms with Crippen LogP contribution in [0, 0.1) is 0 Å². The molecule has 3 N–H and O–H groups in total. The average Bonchev–Trinajstić information content (AvgIpc) is 2.49. The normalized spacial score (nSPS) is 10.9. The summed E-state index contributed by atoms with van der Waals surface area (Å²) in [4.78, 5) is 1.45. The smallest absolute Gasteiger partial charge is 0.118 e. The Hall–Kier alpha value is -1.84. The van der Waals surface area contributed by atoms with E-state index >= 15 is 0 Å². The number of hydrogen-bond donors (Lipinski definition) is 2. The van der Waals surface area contributed by atoms with Crippen molar-refractivity contribution in [3.05, 3.63) is 65.2 Å². The summed E-state index contributed by atoms with van der Waals surface area (Å²) < 4.78 is 5.17. The van der Waals surface area contributed by atoms with E-state index in [4.69, 9.17) is 4.74 Å². The van der Waals surface area contributed by atoms with E-state index < -0.39 is 0 Å². The van der Waals surface area contributed by atoms with E-state index in [1.807, 2.05) is 12.1 Å². The van der Waals surface area contributed by atoms with Crippen LogP contribution in [0.3, 0.4) is 0 Å². The fourth-order valence-electron chi connectivity index (χ4n) is 2.37. The van der Waals surface area contributed by atoms with Gasteiger partial charge < -0.3 is 15.0 Å². The van der Waals surface area contributed by atoms with Crippen LogP contribution in [-0.4, -0.2) is 21.2 Å². The second-order valence-electron chi connectivity index (χ2n) is 5.75. The van der Waals surface area contributed by atoms with E-state index in [9.17, 15) is 0 Å². The number of ether oxygens (including phenoxy) is 1. The second kappa shape index (κ2) is 7.81. The molecule has 0 bridgehead atoms. The molecule has 0 spiro atoms. The third kappa shape index (κ3) is 5.21. The molecule has 2 aromatic carbocycles. The van der Waals surface area contributed by atoms with Gasteiger partial charge in [-0.05, 0) is 24.3 Å². The molecule has 0 aliphatic rings. The first-order chi connectivity index (χ1) is 10.2. The highest BCUT2D eigenvalue weighted by Crippen LogP contribution is 2.10. The van der Waals surface area contributed by atoms with Crippen molar-refractivity contribution in [1.82, 2.24) is 0 Å². The highest BCUT2D eigenvalue weighted by molar-refractivity contribution is 5.26. The summed E-state index contributed by atoms with van der Waals surface area (Å²) in [7, 11) is 6.05. The van der Waals surface area contributed by atoms with Gasteiger partial charge in [-0.1, -0.05) is 24.3 Å². The molecule has 2 rings (SSSR count). The van der Waals surface area contributed by atoms with E-state index in [0.29, 0.717) is 0 Å². The van der Waals surface area contributed by atoms with Crippen molar-refractivity contribution in [1.29, 1.82) is 0 Å². The SMILES string of the molecule is COc1ccc(C[NH2+]Cc2ccc(C[NH+](C)C)cc2)cc1. The average molecular weight is 286 g/mol. The molecule has 3 heteroatoms. The lowest BCUT2D eigenvalue weighted by Gasteiger charge is -2.08. The third-order valence-electron chi connectivity index (χ3n) is 3.50. The predicted octanol–water partition coefficient (Wildman–Crippen LogP) is 0.603. The van der Waals surface area contributed by atoms with Crippen LogP contribution in [0.4, 0.5) is 0 Å². The summed E-state index contributed by atoms with van der Waals surface area (Å²) in [6, 6.07) is 17.2. The summed E-state index contributed by atoms with van der Waals surface area (Å²) in [5, 5.41) is 2.33. The molecule has 0 saturated carbocycles. The van der Waals surface area contributed by atoms with Crippen LogP contribution in [0.2, 0.25) is 0 Å². The molecule has 112 valence electrons. The maximum absolute atomic E-state index is 5.17. The van der Waals surface area contributed by atoms with E-state index in [1.165, 1.54) is 21.6 Å². The van der Waals surface area contributed by atoms with Crippen LogP contribution in [0.25, 0.3) is 0 Å². The lowest BCUT2D eigenvalue weighted by atomic mass is 10.1. The summed E-state index contributed by atoms with van der Waals surface area (Å²) in [6.45, 7) is 3.09. The quantitative estimate of drug-likeness (QED) is 0.767. The van der Waals surface area contributed by atoms with Crippen molar-refractivity contribution in [2.45, 2.75) is 19.6 Å². The number of nitrogens with one attached hydrogen (secondary N) is 1. The summed E-state index contributed by atoms with van der Waals surface area (Å²) in [5.74, 6) is 0.914. The van der Waals surface area contributed by atoms with Gasteiger partial charge in [0.1, 0.15) is 25.4 Å².